The van der Waals surface area contributed by atoms with Crippen LogP contribution in [0.5, 0.6) is 11.5 Å². The second kappa shape index (κ2) is 8.44. The van der Waals surface area contributed by atoms with Crippen LogP contribution in [0.25, 0.3) is 0 Å². The van der Waals surface area contributed by atoms with E-state index in [2.05, 4.69) is 17.1 Å². The number of fused-ring (bicyclic) bond motifs is 1. The number of nitrogens with one attached hydrogen (secondary N) is 1. The van der Waals surface area contributed by atoms with Crippen molar-refractivity contribution in [2.24, 2.45) is 0 Å². The topological polar surface area (TPSA) is 86.1 Å². The minimum atomic E-state index is -0.483. The molecule has 0 bridgehead atoms. The average molecular weight is 366 g/mol. The van der Waals surface area contributed by atoms with Crippen molar-refractivity contribution in [3.05, 3.63) is 12.1 Å². The maximum atomic E-state index is 12.3. The van der Waals surface area contributed by atoms with E-state index in [1.807, 2.05) is 0 Å². The van der Waals surface area contributed by atoms with E-state index in [4.69, 9.17) is 19.9 Å². The number of carbonyl (C=O) groups is 1. The summed E-state index contributed by atoms with van der Waals surface area (Å²) in [6, 6.07) is 3.33. The molecule has 1 amide bonds. The highest BCUT2D eigenvalue weighted by Gasteiger charge is 2.27. The maximum Gasteiger partial charge on any atom is 0.254 e. The molecule has 0 aliphatic carbocycles. The Morgan fingerprint density at radius 3 is 2.74 bits per heavy atom. The maximum absolute atomic E-state index is 12.3. The normalized spacial score (nSPS) is 19.4. The number of hydrogen-bond acceptors (Lipinski definition) is 6. The zero-order valence-corrected chi connectivity index (χ0v) is 14.4. The van der Waals surface area contributed by atoms with E-state index in [9.17, 15) is 4.79 Å². The van der Waals surface area contributed by atoms with E-state index in [1.165, 1.54) is 0 Å². The van der Waals surface area contributed by atoms with Gasteiger partial charge in [0.15, 0.2) is 11.5 Å². The zero-order valence-electron chi connectivity index (χ0n) is 12.7. The van der Waals surface area contributed by atoms with Gasteiger partial charge in [-0.25, -0.2) is 0 Å². The highest BCUT2D eigenvalue weighted by atomic mass is 35.5. The van der Waals surface area contributed by atoms with Crippen LogP contribution in [0.1, 0.15) is 6.92 Å². The highest BCUT2D eigenvalue weighted by Crippen LogP contribution is 2.38. The Morgan fingerprint density at radius 1 is 1.35 bits per heavy atom. The van der Waals surface area contributed by atoms with Gasteiger partial charge in [0.2, 0.25) is 6.79 Å². The van der Waals surface area contributed by atoms with Crippen LogP contribution in [-0.2, 0) is 9.53 Å². The number of rotatable bonds is 3. The lowest BCUT2D eigenvalue weighted by molar-refractivity contribution is -0.132. The lowest BCUT2D eigenvalue weighted by Crippen LogP contribution is -2.47. The fraction of sp³-hybridized carbons (Fsp3) is 0.500. The molecule has 7 nitrogen and oxygen atoms in total. The molecular formula is C14H21Cl2N3O4. The fourth-order valence-corrected chi connectivity index (χ4v) is 2.43. The average Bonchev–Trinajstić information content (AvgIpc) is 2.94. The standard InChI is InChI=1S/C14H19N3O4.2ClH/c1-2-17-3-4-19-13(7-17)14(18)16-10-6-12-11(5-9(10)15)20-8-21-12;;/h5-6,13H,2-4,7-8,15H2,1H3,(H,16,18);2*1H. The van der Waals surface area contributed by atoms with Crippen LogP contribution >= 0.6 is 24.8 Å². The number of halogens is 2. The Kier molecular flexibility index (Phi) is 7.21. The summed E-state index contributed by atoms with van der Waals surface area (Å²) in [5.41, 5.74) is 6.88. The summed E-state index contributed by atoms with van der Waals surface area (Å²) in [6.45, 7) is 5.14. The van der Waals surface area contributed by atoms with Gasteiger partial charge in [-0.3, -0.25) is 9.69 Å². The molecule has 1 fully saturated rings. The van der Waals surface area contributed by atoms with Gasteiger partial charge in [0.1, 0.15) is 6.10 Å². The van der Waals surface area contributed by atoms with Gasteiger partial charge in [0.25, 0.3) is 5.91 Å². The third kappa shape index (κ3) is 4.32. The van der Waals surface area contributed by atoms with Crippen LogP contribution in [0, 0.1) is 0 Å². The monoisotopic (exact) mass is 365 g/mol. The van der Waals surface area contributed by atoms with Crippen LogP contribution in [0.4, 0.5) is 11.4 Å². The Hall–Kier alpha value is -1.41. The highest BCUT2D eigenvalue weighted by molar-refractivity contribution is 5.97. The molecule has 2 aliphatic heterocycles. The van der Waals surface area contributed by atoms with E-state index >= 15 is 0 Å². The molecule has 2 aliphatic rings. The molecule has 1 saturated heterocycles. The Balaban J connectivity index is 0.00000132. The molecule has 0 saturated carbocycles. The molecule has 0 radical (unpaired) electrons. The second-order valence-electron chi connectivity index (χ2n) is 5.03. The summed E-state index contributed by atoms with van der Waals surface area (Å²) >= 11 is 0. The number of nitrogens with two attached hydrogens (primary N) is 1. The van der Waals surface area contributed by atoms with Crippen molar-refractivity contribution in [3.63, 3.8) is 0 Å². The van der Waals surface area contributed by atoms with Gasteiger partial charge < -0.3 is 25.3 Å². The predicted molar refractivity (Wildman–Crippen MR) is 92.0 cm³/mol. The summed E-state index contributed by atoms with van der Waals surface area (Å²) in [5, 5.41) is 2.80. The van der Waals surface area contributed by atoms with Gasteiger partial charge in [-0.2, -0.15) is 0 Å². The van der Waals surface area contributed by atoms with Crippen molar-refractivity contribution in [2.45, 2.75) is 13.0 Å². The van der Waals surface area contributed by atoms with Crippen LogP contribution in [0.3, 0.4) is 0 Å². The number of morpholine rings is 1. The summed E-state index contributed by atoms with van der Waals surface area (Å²) in [6.07, 6.45) is -0.483. The Labute approximate surface area is 147 Å². The predicted octanol–water partition coefficient (Wildman–Crippen LogP) is 1.50. The number of ether oxygens (including phenoxy) is 3. The lowest BCUT2D eigenvalue weighted by Gasteiger charge is -2.31. The quantitative estimate of drug-likeness (QED) is 0.789. The molecule has 1 atom stereocenters. The van der Waals surface area contributed by atoms with E-state index in [0.29, 0.717) is 36.0 Å². The zero-order chi connectivity index (χ0) is 14.8. The number of carbonyl (C=O) groups excluding carboxylic acids is 1. The van der Waals surface area contributed by atoms with E-state index < -0.39 is 6.10 Å². The molecule has 0 aromatic heterocycles. The summed E-state index contributed by atoms with van der Waals surface area (Å²) < 4.78 is 16.1. The summed E-state index contributed by atoms with van der Waals surface area (Å²) in [7, 11) is 0. The van der Waals surface area contributed by atoms with Crippen LogP contribution in [0.15, 0.2) is 12.1 Å². The van der Waals surface area contributed by atoms with Crippen LogP contribution in [0.2, 0.25) is 0 Å². The smallest absolute Gasteiger partial charge is 0.254 e. The molecule has 9 heteroatoms. The Morgan fingerprint density at radius 2 is 2.04 bits per heavy atom. The molecule has 1 aromatic carbocycles. The van der Waals surface area contributed by atoms with Crippen molar-refractivity contribution >= 4 is 42.1 Å². The largest absolute Gasteiger partial charge is 0.454 e. The van der Waals surface area contributed by atoms with Gasteiger partial charge in [-0.15, -0.1) is 24.8 Å². The summed E-state index contributed by atoms with van der Waals surface area (Å²) in [5.74, 6) is 0.981. The summed E-state index contributed by atoms with van der Waals surface area (Å²) in [4.78, 5) is 14.5. The number of benzene rings is 1. The van der Waals surface area contributed by atoms with Crippen LogP contribution < -0.4 is 20.5 Å². The molecule has 2 heterocycles. The molecule has 1 aromatic rings. The molecule has 0 spiro atoms. The van der Waals surface area contributed by atoms with E-state index in [0.717, 1.165) is 13.1 Å². The first kappa shape index (κ1) is 19.6. The lowest BCUT2D eigenvalue weighted by atomic mass is 10.2. The number of amides is 1. The third-order valence-corrected chi connectivity index (χ3v) is 3.69. The van der Waals surface area contributed by atoms with Gasteiger partial charge in [0, 0.05) is 25.2 Å². The number of nitrogen functional groups attached to an aromatic ring is 1. The van der Waals surface area contributed by atoms with E-state index in [1.54, 1.807) is 12.1 Å². The SMILES string of the molecule is CCN1CCOC(C(=O)Nc2cc3c(cc2N)OCO3)C1.Cl.Cl. The van der Waals surface area contributed by atoms with Crippen molar-refractivity contribution in [1.29, 1.82) is 0 Å². The van der Waals surface area contributed by atoms with E-state index in [-0.39, 0.29) is 37.5 Å². The molecule has 3 N–H and O–H groups in total. The molecule has 130 valence electrons. The van der Waals surface area contributed by atoms with Crippen LogP contribution in [-0.4, -0.2) is 49.9 Å². The first-order chi connectivity index (χ1) is 10.2. The number of likely N-dealkylation sites (N-methyl/N-ethyl adjacent to an activating group) is 1. The number of anilines is 2. The van der Waals surface area contributed by atoms with Gasteiger partial charge in [-0.1, -0.05) is 6.92 Å². The van der Waals surface area contributed by atoms with Crippen molar-refractivity contribution in [3.8, 4) is 11.5 Å². The number of nitrogens with zero attached hydrogens (tertiary/aromatic N) is 1. The van der Waals surface area contributed by atoms with Crippen molar-refractivity contribution in [1.82, 2.24) is 4.90 Å². The minimum absolute atomic E-state index is 0. The molecular weight excluding hydrogens is 345 g/mol. The first-order valence-corrected chi connectivity index (χ1v) is 7.01. The second-order valence-corrected chi connectivity index (χ2v) is 5.03. The minimum Gasteiger partial charge on any atom is -0.454 e. The number of hydrogen-bond donors (Lipinski definition) is 2. The van der Waals surface area contributed by atoms with Gasteiger partial charge >= 0.3 is 0 Å². The molecule has 1 unspecified atom stereocenters. The Bertz CT molecular complexity index is 559. The molecule has 3 rings (SSSR count). The first-order valence-electron chi connectivity index (χ1n) is 7.01. The van der Waals surface area contributed by atoms with Gasteiger partial charge in [0.05, 0.1) is 18.0 Å². The fourth-order valence-electron chi connectivity index (χ4n) is 2.43. The van der Waals surface area contributed by atoms with Gasteiger partial charge in [-0.05, 0) is 6.54 Å². The third-order valence-electron chi connectivity index (χ3n) is 3.69. The molecule has 23 heavy (non-hydrogen) atoms. The van der Waals surface area contributed by atoms with Crippen molar-refractivity contribution < 1.29 is 19.0 Å². The van der Waals surface area contributed by atoms with Crippen molar-refractivity contribution in [2.75, 3.05) is 44.1 Å².